The molecule has 25 heavy (non-hydrogen) atoms. The van der Waals surface area contributed by atoms with Gasteiger partial charge in [-0.2, -0.15) is 0 Å². The fourth-order valence-corrected chi connectivity index (χ4v) is 3.63. The van der Waals surface area contributed by atoms with Gasteiger partial charge in [0.15, 0.2) is 0 Å². The highest BCUT2D eigenvalue weighted by molar-refractivity contribution is 7.09. The zero-order chi connectivity index (χ0) is 17.8. The van der Waals surface area contributed by atoms with Gasteiger partial charge in [0.1, 0.15) is 17.6 Å². The van der Waals surface area contributed by atoms with E-state index in [-0.39, 0.29) is 12.0 Å². The van der Waals surface area contributed by atoms with Crippen LogP contribution in [0.1, 0.15) is 29.9 Å². The van der Waals surface area contributed by atoms with Crippen molar-refractivity contribution in [2.75, 3.05) is 13.7 Å². The molecule has 0 bridgehead atoms. The SMILES string of the molecule is CCOc1cc2c(cc1/C=C/C(=O)N(C)Cc1cccs1)OC(C)C2. The first-order chi connectivity index (χ1) is 12.1. The number of carbonyl (C=O) groups excluding carboxylic acids is 1. The van der Waals surface area contributed by atoms with E-state index in [1.807, 2.05) is 49.7 Å². The first-order valence-electron chi connectivity index (χ1n) is 8.48. The van der Waals surface area contributed by atoms with Crippen molar-refractivity contribution >= 4 is 23.3 Å². The number of ether oxygens (including phenoxy) is 2. The maximum absolute atomic E-state index is 12.4. The van der Waals surface area contributed by atoms with Crippen LogP contribution in [0.3, 0.4) is 0 Å². The minimum absolute atomic E-state index is 0.0365. The largest absolute Gasteiger partial charge is 0.493 e. The highest BCUT2D eigenvalue weighted by Gasteiger charge is 2.21. The number of hydrogen-bond donors (Lipinski definition) is 0. The molecule has 1 aliphatic heterocycles. The van der Waals surface area contributed by atoms with Crippen LogP contribution < -0.4 is 9.47 Å². The van der Waals surface area contributed by atoms with Crippen LogP contribution in [0.5, 0.6) is 11.5 Å². The third kappa shape index (κ3) is 4.23. The van der Waals surface area contributed by atoms with Crippen molar-refractivity contribution in [2.24, 2.45) is 0 Å². The number of carbonyl (C=O) groups is 1. The fourth-order valence-electron chi connectivity index (χ4n) is 2.87. The first-order valence-corrected chi connectivity index (χ1v) is 9.36. The van der Waals surface area contributed by atoms with Gasteiger partial charge in [-0.1, -0.05) is 6.07 Å². The molecule has 4 nitrogen and oxygen atoms in total. The predicted molar refractivity (Wildman–Crippen MR) is 101 cm³/mol. The third-order valence-corrected chi connectivity index (χ3v) is 4.94. The Bertz CT molecular complexity index is 767. The van der Waals surface area contributed by atoms with E-state index in [0.717, 1.165) is 29.0 Å². The molecule has 0 aliphatic carbocycles. The summed E-state index contributed by atoms with van der Waals surface area (Å²) in [4.78, 5) is 15.2. The summed E-state index contributed by atoms with van der Waals surface area (Å²) < 4.78 is 11.6. The maximum atomic E-state index is 12.4. The molecule has 1 aliphatic rings. The molecular weight excluding hydrogens is 334 g/mol. The van der Waals surface area contributed by atoms with Crippen molar-refractivity contribution in [1.29, 1.82) is 0 Å². The zero-order valence-electron chi connectivity index (χ0n) is 14.8. The Labute approximate surface area is 152 Å². The molecule has 0 radical (unpaired) electrons. The van der Waals surface area contributed by atoms with Gasteiger partial charge in [-0.3, -0.25) is 4.79 Å². The Morgan fingerprint density at radius 1 is 1.48 bits per heavy atom. The number of fused-ring (bicyclic) bond motifs is 1. The molecule has 2 heterocycles. The molecule has 0 saturated carbocycles. The summed E-state index contributed by atoms with van der Waals surface area (Å²) in [5, 5.41) is 2.02. The molecule has 2 aromatic rings. The van der Waals surface area contributed by atoms with Gasteiger partial charge in [-0.25, -0.2) is 0 Å². The molecule has 3 rings (SSSR count). The quantitative estimate of drug-likeness (QED) is 0.729. The van der Waals surface area contributed by atoms with Crippen molar-refractivity contribution < 1.29 is 14.3 Å². The number of benzene rings is 1. The molecule has 0 N–H and O–H groups in total. The molecule has 0 spiro atoms. The van der Waals surface area contributed by atoms with E-state index in [2.05, 4.69) is 6.92 Å². The number of hydrogen-bond acceptors (Lipinski definition) is 4. The van der Waals surface area contributed by atoms with Gasteiger partial charge in [0, 0.05) is 35.5 Å². The molecule has 0 fully saturated rings. The molecule has 0 saturated heterocycles. The van der Waals surface area contributed by atoms with E-state index < -0.39 is 0 Å². The smallest absolute Gasteiger partial charge is 0.246 e. The van der Waals surface area contributed by atoms with Crippen LogP contribution >= 0.6 is 11.3 Å². The number of likely N-dealkylation sites (N-methyl/N-ethyl adjacent to an activating group) is 1. The van der Waals surface area contributed by atoms with Crippen molar-refractivity contribution in [2.45, 2.75) is 32.9 Å². The van der Waals surface area contributed by atoms with E-state index >= 15 is 0 Å². The monoisotopic (exact) mass is 357 g/mol. The predicted octanol–water partition coefficient (Wildman–Crippen LogP) is 4.14. The number of amides is 1. The van der Waals surface area contributed by atoms with Crippen molar-refractivity contribution in [3.63, 3.8) is 0 Å². The molecule has 1 unspecified atom stereocenters. The maximum Gasteiger partial charge on any atom is 0.246 e. The van der Waals surface area contributed by atoms with Crippen LogP contribution in [0, 0.1) is 0 Å². The molecule has 1 aromatic heterocycles. The second-order valence-electron chi connectivity index (χ2n) is 6.17. The van der Waals surface area contributed by atoms with Gasteiger partial charge in [-0.05, 0) is 43.5 Å². The minimum Gasteiger partial charge on any atom is -0.493 e. The molecule has 5 heteroatoms. The van der Waals surface area contributed by atoms with Crippen molar-refractivity contribution in [3.05, 3.63) is 51.7 Å². The molecular formula is C20H23NO3S. The van der Waals surface area contributed by atoms with E-state index in [1.165, 1.54) is 4.88 Å². The normalized spacial score (nSPS) is 15.9. The van der Waals surface area contributed by atoms with Crippen LogP contribution in [0.4, 0.5) is 0 Å². The van der Waals surface area contributed by atoms with Crippen molar-refractivity contribution in [1.82, 2.24) is 4.90 Å². The molecule has 1 aromatic carbocycles. The van der Waals surface area contributed by atoms with Crippen LogP contribution in [0.25, 0.3) is 6.08 Å². The van der Waals surface area contributed by atoms with Crippen LogP contribution in [0.15, 0.2) is 35.7 Å². The van der Waals surface area contributed by atoms with Gasteiger partial charge >= 0.3 is 0 Å². The lowest BCUT2D eigenvalue weighted by molar-refractivity contribution is -0.125. The summed E-state index contributed by atoms with van der Waals surface area (Å²) in [6, 6.07) is 8.02. The summed E-state index contributed by atoms with van der Waals surface area (Å²) in [6.45, 7) is 5.21. The Hall–Kier alpha value is -2.27. The van der Waals surface area contributed by atoms with E-state index in [1.54, 1.807) is 22.3 Å². The van der Waals surface area contributed by atoms with E-state index in [4.69, 9.17) is 9.47 Å². The first kappa shape index (κ1) is 17.5. The number of thiophene rings is 1. The number of nitrogens with zero attached hydrogens (tertiary/aromatic N) is 1. The van der Waals surface area contributed by atoms with Crippen LogP contribution in [-0.4, -0.2) is 30.6 Å². The highest BCUT2D eigenvalue weighted by atomic mass is 32.1. The molecule has 1 atom stereocenters. The van der Waals surface area contributed by atoms with Crippen LogP contribution in [0.2, 0.25) is 0 Å². The second-order valence-corrected chi connectivity index (χ2v) is 7.20. The molecule has 132 valence electrons. The number of rotatable bonds is 6. The second kappa shape index (κ2) is 7.74. The summed E-state index contributed by atoms with van der Waals surface area (Å²) in [5.74, 6) is 1.64. The summed E-state index contributed by atoms with van der Waals surface area (Å²) in [5.41, 5.74) is 2.03. The van der Waals surface area contributed by atoms with E-state index in [0.29, 0.717) is 13.2 Å². The Kier molecular flexibility index (Phi) is 5.43. The fraction of sp³-hybridized carbons (Fsp3) is 0.350. The Morgan fingerprint density at radius 3 is 3.04 bits per heavy atom. The Morgan fingerprint density at radius 2 is 2.32 bits per heavy atom. The highest BCUT2D eigenvalue weighted by Crippen LogP contribution is 2.35. The van der Waals surface area contributed by atoms with Gasteiger partial charge in [-0.15, -0.1) is 11.3 Å². The lowest BCUT2D eigenvalue weighted by Crippen LogP contribution is -2.23. The van der Waals surface area contributed by atoms with Gasteiger partial charge in [0.05, 0.1) is 13.2 Å². The standard InChI is InChI=1S/C20H23NO3S/c1-4-23-18-12-16-10-14(2)24-19(16)11-15(18)7-8-20(22)21(3)13-17-6-5-9-25-17/h5-9,11-12,14H,4,10,13H2,1-3H3/b8-7+. The minimum atomic E-state index is -0.0365. The molecule has 1 amide bonds. The summed E-state index contributed by atoms with van der Waals surface area (Å²) in [7, 11) is 1.81. The van der Waals surface area contributed by atoms with E-state index in [9.17, 15) is 4.79 Å². The summed E-state index contributed by atoms with van der Waals surface area (Å²) >= 11 is 1.65. The topological polar surface area (TPSA) is 38.8 Å². The zero-order valence-corrected chi connectivity index (χ0v) is 15.6. The Balaban J connectivity index is 1.75. The summed E-state index contributed by atoms with van der Waals surface area (Å²) in [6.07, 6.45) is 4.48. The average molecular weight is 357 g/mol. The lowest BCUT2D eigenvalue weighted by atomic mass is 10.1. The van der Waals surface area contributed by atoms with Gasteiger partial charge in [0.2, 0.25) is 5.91 Å². The van der Waals surface area contributed by atoms with Gasteiger partial charge < -0.3 is 14.4 Å². The van der Waals surface area contributed by atoms with Gasteiger partial charge in [0.25, 0.3) is 0 Å². The van der Waals surface area contributed by atoms with Crippen molar-refractivity contribution in [3.8, 4) is 11.5 Å². The average Bonchev–Trinajstić information content (AvgIpc) is 3.20. The third-order valence-electron chi connectivity index (χ3n) is 4.08. The van der Waals surface area contributed by atoms with Crippen LogP contribution in [-0.2, 0) is 17.8 Å². The lowest BCUT2D eigenvalue weighted by Gasteiger charge is -2.14.